The van der Waals surface area contributed by atoms with E-state index in [-0.39, 0.29) is 61.5 Å². The maximum Gasteiger partial charge on any atom is 0.417 e. The number of benzene rings is 4. The monoisotopic (exact) mass is 1000 g/mol. The van der Waals surface area contributed by atoms with Gasteiger partial charge in [0.15, 0.2) is 0 Å². The molecule has 4 amide bonds. The fourth-order valence-corrected chi connectivity index (χ4v) is 11.6. The standard InChI is InChI=1S/C56H63F3N8O6/c1-34(2)47(51(72)66-33-42(68)27-46(66)49(70)62-31-37-11-9-36(29-60)10-12-37)67-32-40-17-19-41(26-44(40)50(67)71)65-24-22-64(23-25-65)21-7-8-35-13-15-38(16-14-35)48(69)63-52-54(3,4)53(55(52,5)6)73-43-20-18-39(30-61)45(28-43)56(57,58)59/h9-20,26,28,34,42,46-47,52-53,68H,7-8,21-25,27,31-33H2,1-6H3,(H,62,70)(H,63,69)/t42-,46+,47+,52?,53?/m1/s1. The lowest BCUT2D eigenvalue weighted by Gasteiger charge is -2.63. The van der Waals surface area contributed by atoms with Gasteiger partial charge in [-0.3, -0.25) is 24.1 Å². The van der Waals surface area contributed by atoms with E-state index in [0.717, 1.165) is 80.1 Å². The first-order valence-electron chi connectivity index (χ1n) is 24.9. The van der Waals surface area contributed by atoms with Crippen molar-refractivity contribution in [2.45, 2.75) is 110 Å². The second-order valence-corrected chi connectivity index (χ2v) is 21.4. The first-order chi connectivity index (χ1) is 34.6. The summed E-state index contributed by atoms with van der Waals surface area (Å²) < 4.78 is 47.0. The minimum atomic E-state index is -4.71. The molecule has 73 heavy (non-hydrogen) atoms. The van der Waals surface area contributed by atoms with Gasteiger partial charge in [-0.15, -0.1) is 0 Å². The number of piperazine rings is 1. The average Bonchev–Trinajstić information content (AvgIpc) is 3.92. The normalized spacial score (nSPS) is 21.7. The molecule has 14 nitrogen and oxygen atoms in total. The molecule has 384 valence electrons. The van der Waals surface area contributed by atoms with E-state index in [1.807, 2.05) is 84.0 Å². The number of nitriles is 2. The van der Waals surface area contributed by atoms with E-state index in [1.54, 1.807) is 35.2 Å². The summed E-state index contributed by atoms with van der Waals surface area (Å²) in [7, 11) is 0. The van der Waals surface area contributed by atoms with Crippen LogP contribution in [0.25, 0.3) is 0 Å². The quantitative estimate of drug-likeness (QED) is 0.111. The van der Waals surface area contributed by atoms with Crippen molar-refractivity contribution in [2.24, 2.45) is 16.7 Å². The van der Waals surface area contributed by atoms with Crippen LogP contribution in [0.2, 0.25) is 0 Å². The van der Waals surface area contributed by atoms with Crippen molar-refractivity contribution in [3.8, 4) is 17.9 Å². The number of aliphatic hydroxyl groups is 1. The Kier molecular flexibility index (Phi) is 15.0. The van der Waals surface area contributed by atoms with Crippen molar-refractivity contribution < 1.29 is 42.2 Å². The van der Waals surface area contributed by atoms with E-state index in [1.165, 1.54) is 11.0 Å². The zero-order valence-corrected chi connectivity index (χ0v) is 42.1. The number of aryl methyl sites for hydroxylation is 1. The van der Waals surface area contributed by atoms with Crippen LogP contribution in [0.1, 0.15) is 108 Å². The molecule has 0 spiro atoms. The molecule has 3 fully saturated rings. The second kappa shape index (κ2) is 20.9. The summed E-state index contributed by atoms with van der Waals surface area (Å²) in [5, 5.41) is 35.0. The molecule has 1 saturated carbocycles. The van der Waals surface area contributed by atoms with Crippen LogP contribution < -0.4 is 20.3 Å². The summed E-state index contributed by atoms with van der Waals surface area (Å²) in [4.78, 5) is 63.2. The summed E-state index contributed by atoms with van der Waals surface area (Å²) in [6.07, 6.45) is -4.27. The highest BCUT2D eigenvalue weighted by atomic mass is 19.4. The van der Waals surface area contributed by atoms with Gasteiger partial charge >= 0.3 is 6.18 Å². The highest BCUT2D eigenvalue weighted by Gasteiger charge is 2.64. The van der Waals surface area contributed by atoms with Gasteiger partial charge in [0, 0.05) is 85.9 Å². The molecule has 0 bridgehead atoms. The number of likely N-dealkylation sites (tertiary alicyclic amines) is 1. The number of carbonyl (C=O) groups excluding carboxylic acids is 4. The zero-order chi connectivity index (χ0) is 52.6. The molecule has 0 aromatic heterocycles. The first kappa shape index (κ1) is 52.4. The first-order valence-corrected chi connectivity index (χ1v) is 24.9. The summed E-state index contributed by atoms with van der Waals surface area (Å²) >= 11 is 0. The molecule has 0 unspecified atom stereocenters. The Labute approximate surface area is 424 Å². The Morgan fingerprint density at radius 3 is 2.18 bits per heavy atom. The predicted molar refractivity (Wildman–Crippen MR) is 267 cm³/mol. The Balaban J connectivity index is 0.795. The fraction of sp³-hybridized carbons (Fsp3) is 0.464. The number of halogens is 3. The van der Waals surface area contributed by atoms with E-state index in [4.69, 9.17) is 10.00 Å². The number of hydrogen-bond donors (Lipinski definition) is 3. The van der Waals surface area contributed by atoms with Crippen LogP contribution in [-0.4, -0.2) is 113 Å². The summed E-state index contributed by atoms with van der Waals surface area (Å²) in [6, 6.07) is 25.2. The van der Waals surface area contributed by atoms with Crippen molar-refractivity contribution in [1.29, 1.82) is 10.5 Å². The van der Waals surface area contributed by atoms with Crippen molar-refractivity contribution in [3.05, 3.63) is 129 Å². The third kappa shape index (κ3) is 10.9. The highest BCUT2D eigenvalue weighted by Crippen LogP contribution is 2.56. The summed E-state index contributed by atoms with van der Waals surface area (Å²) in [5.41, 5.74) is 2.47. The van der Waals surface area contributed by atoms with E-state index in [9.17, 15) is 42.7 Å². The van der Waals surface area contributed by atoms with Crippen molar-refractivity contribution >= 4 is 29.3 Å². The molecule has 2 saturated heterocycles. The molecule has 3 atom stereocenters. The van der Waals surface area contributed by atoms with Crippen LogP contribution in [0.3, 0.4) is 0 Å². The Morgan fingerprint density at radius 1 is 0.877 bits per heavy atom. The van der Waals surface area contributed by atoms with Gasteiger partial charge in [0.1, 0.15) is 23.9 Å². The molecular formula is C56H63F3N8O6. The molecule has 17 heteroatoms. The number of aliphatic hydroxyl groups excluding tert-OH is 1. The third-order valence-corrected chi connectivity index (χ3v) is 15.2. The Hall–Kier alpha value is -6.95. The van der Waals surface area contributed by atoms with E-state index in [2.05, 4.69) is 26.5 Å². The smallest absolute Gasteiger partial charge is 0.417 e. The number of hydrogen-bond acceptors (Lipinski definition) is 10. The number of nitrogens with one attached hydrogen (secondary N) is 2. The van der Waals surface area contributed by atoms with Crippen LogP contribution in [0.5, 0.6) is 5.75 Å². The number of β-amino-alcohol motifs (C(OH)–C–C–N with tert-alkyl or cyclic N) is 1. The second-order valence-electron chi connectivity index (χ2n) is 21.4. The van der Waals surface area contributed by atoms with Crippen molar-refractivity contribution in [3.63, 3.8) is 0 Å². The van der Waals surface area contributed by atoms with Crippen LogP contribution in [-0.2, 0) is 35.3 Å². The van der Waals surface area contributed by atoms with Crippen molar-refractivity contribution in [2.75, 3.05) is 44.2 Å². The van der Waals surface area contributed by atoms with E-state index >= 15 is 0 Å². The van der Waals surface area contributed by atoms with E-state index in [0.29, 0.717) is 16.7 Å². The molecular weight excluding hydrogens is 938 g/mol. The lowest BCUT2D eigenvalue weighted by molar-refractivity contribution is -0.164. The predicted octanol–water partition coefficient (Wildman–Crippen LogP) is 7.07. The summed E-state index contributed by atoms with van der Waals surface area (Å²) in [6.45, 7) is 16.0. The maximum absolute atomic E-state index is 14.3. The van der Waals surface area contributed by atoms with Gasteiger partial charge in [-0.25, -0.2) is 0 Å². The molecule has 4 aromatic carbocycles. The molecule has 8 rings (SSSR count). The number of fused-ring (bicyclic) bond motifs is 1. The molecule has 4 aromatic rings. The number of amides is 4. The number of rotatable bonds is 15. The van der Waals surface area contributed by atoms with Crippen molar-refractivity contribution in [1.82, 2.24) is 25.3 Å². The number of ether oxygens (including phenoxy) is 1. The minimum absolute atomic E-state index is 0.00954. The highest BCUT2D eigenvalue weighted by molar-refractivity contribution is 6.02. The van der Waals surface area contributed by atoms with Gasteiger partial charge in [0.05, 0.1) is 34.9 Å². The van der Waals surface area contributed by atoms with Crippen LogP contribution >= 0.6 is 0 Å². The number of anilines is 1. The van der Waals surface area contributed by atoms with Crippen LogP contribution in [0, 0.1) is 39.4 Å². The number of nitrogens with zero attached hydrogens (tertiary/aromatic N) is 6. The van der Waals surface area contributed by atoms with Gasteiger partial charge < -0.3 is 35.2 Å². The maximum atomic E-state index is 14.3. The van der Waals surface area contributed by atoms with Gasteiger partial charge in [-0.2, -0.15) is 23.7 Å². The molecule has 3 aliphatic heterocycles. The third-order valence-electron chi connectivity index (χ3n) is 15.2. The molecule has 1 aliphatic carbocycles. The zero-order valence-electron chi connectivity index (χ0n) is 42.1. The fourth-order valence-electron chi connectivity index (χ4n) is 11.6. The number of carbonyl (C=O) groups is 4. The van der Waals surface area contributed by atoms with E-state index < -0.39 is 58.3 Å². The molecule has 0 radical (unpaired) electrons. The topological polar surface area (TPSA) is 182 Å². The molecule has 3 heterocycles. The molecule has 3 N–H and O–H groups in total. The largest absolute Gasteiger partial charge is 0.489 e. The van der Waals surface area contributed by atoms with Gasteiger partial charge in [0.2, 0.25) is 11.8 Å². The van der Waals surface area contributed by atoms with Gasteiger partial charge in [0.25, 0.3) is 11.8 Å². The number of alkyl halides is 3. The Morgan fingerprint density at radius 2 is 1.55 bits per heavy atom. The Bertz CT molecular complexity index is 2800. The van der Waals surface area contributed by atoms with Crippen LogP contribution in [0.15, 0.2) is 84.9 Å². The van der Waals surface area contributed by atoms with Crippen LogP contribution in [0.4, 0.5) is 18.9 Å². The lowest BCUT2D eigenvalue weighted by atomic mass is 9.49. The van der Waals surface area contributed by atoms with Gasteiger partial charge in [-0.1, -0.05) is 71.9 Å². The minimum Gasteiger partial charge on any atom is -0.489 e. The summed E-state index contributed by atoms with van der Waals surface area (Å²) in [5.74, 6) is -1.50. The van der Waals surface area contributed by atoms with Gasteiger partial charge in [-0.05, 0) is 96.6 Å². The lowest BCUT2D eigenvalue weighted by Crippen LogP contribution is -2.74. The SMILES string of the molecule is CC(C)[C@@H](C(=O)N1C[C@H](O)C[C@H]1C(=O)NCc1ccc(C#N)cc1)N1Cc2ccc(N3CCN(CCCc4ccc(C(=O)NC5C(C)(C)C(Oc6ccc(C#N)c(C(F)(F)F)c6)C5(C)C)cc4)CC3)cc2C1=O. The average molecular weight is 1000 g/mol. The molecule has 4 aliphatic rings.